The Morgan fingerprint density at radius 1 is 1.09 bits per heavy atom. The molecular formula is C25H27N3O4S. The van der Waals surface area contributed by atoms with Crippen molar-refractivity contribution < 1.29 is 19.3 Å². The molecule has 2 aromatic heterocycles. The van der Waals surface area contributed by atoms with Crippen molar-refractivity contribution in [3.05, 3.63) is 35.5 Å². The molecule has 0 saturated carbocycles. The molecule has 1 aliphatic rings. The third-order valence-corrected chi connectivity index (χ3v) is 6.82. The van der Waals surface area contributed by atoms with E-state index in [2.05, 4.69) is 16.0 Å². The van der Waals surface area contributed by atoms with Gasteiger partial charge in [0.15, 0.2) is 11.5 Å². The molecule has 0 radical (unpaired) electrons. The molecule has 0 amide bonds. The van der Waals surface area contributed by atoms with Crippen molar-refractivity contribution >= 4 is 32.6 Å². The number of aliphatic hydroxyl groups excluding tert-OH is 1. The molecule has 172 valence electrons. The Kier molecular flexibility index (Phi) is 5.37. The zero-order valence-electron chi connectivity index (χ0n) is 19.4. The Hall–Kier alpha value is -2.97. The Morgan fingerprint density at radius 2 is 1.88 bits per heavy atom. The Bertz CT molecular complexity index is 1360. The first-order valence-corrected chi connectivity index (χ1v) is 11.8. The van der Waals surface area contributed by atoms with Gasteiger partial charge < -0.3 is 19.3 Å². The summed E-state index contributed by atoms with van der Waals surface area (Å²) >= 11 is 1.52. The minimum atomic E-state index is -0.717. The Morgan fingerprint density at radius 3 is 2.64 bits per heavy atom. The number of rotatable bonds is 3. The van der Waals surface area contributed by atoms with Crippen LogP contribution >= 0.6 is 11.3 Å². The minimum absolute atomic E-state index is 0.366. The van der Waals surface area contributed by atoms with Gasteiger partial charge in [0.1, 0.15) is 9.71 Å². The number of nitrogens with zero attached hydrogens (tertiary/aromatic N) is 3. The van der Waals surface area contributed by atoms with Gasteiger partial charge in [0.25, 0.3) is 0 Å². The van der Waals surface area contributed by atoms with Crippen molar-refractivity contribution in [1.82, 2.24) is 15.0 Å². The molecular weight excluding hydrogens is 438 g/mol. The highest BCUT2D eigenvalue weighted by atomic mass is 32.1. The van der Waals surface area contributed by atoms with Crippen LogP contribution in [0.4, 0.5) is 0 Å². The van der Waals surface area contributed by atoms with Gasteiger partial charge in [-0.15, -0.1) is 11.3 Å². The molecule has 0 saturated heterocycles. The summed E-state index contributed by atoms with van der Waals surface area (Å²) in [5, 5.41) is 12.0. The van der Waals surface area contributed by atoms with Crippen LogP contribution in [0.1, 0.15) is 44.4 Å². The number of aliphatic hydroxyl groups is 1. The summed E-state index contributed by atoms with van der Waals surface area (Å²) in [6.07, 6.45) is 1.70. The molecule has 0 bridgehead atoms. The third-order valence-electron chi connectivity index (χ3n) is 5.73. The standard InChI is InChI=1S/C25H27N3O4S/c1-13-9-15(19-16(10-13)27-18(30-5)12-26-19)24-28-20-14(23(29)25(2,3)4)11-17-21(22(20)33-24)32-8-6-7-31-17/h9-12,23,29H,6-8H2,1-5H3. The zero-order chi connectivity index (χ0) is 23.3. The van der Waals surface area contributed by atoms with Gasteiger partial charge >= 0.3 is 0 Å². The van der Waals surface area contributed by atoms with Crippen molar-refractivity contribution in [2.45, 2.75) is 40.2 Å². The van der Waals surface area contributed by atoms with E-state index < -0.39 is 6.10 Å². The van der Waals surface area contributed by atoms with Crippen LogP contribution in [-0.2, 0) is 0 Å². The minimum Gasteiger partial charge on any atom is -0.489 e. The van der Waals surface area contributed by atoms with Crippen LogP contribution in [0.2, 0.25) is 0 Å². The van der Waals surface area contributed by atoms with E-state index in [1.165, 1.54) is 11.3 Å². The van der Waals surface area contributed by atoms with Gasteiger partial charge in [-0.3, -0.25) is 0 Å². The molecule has 33 heavy (non-hydrogen) atoms. The summed E-state index contributed by atoms with van der Waals surface area (Å²) in [5.74, 6) is 1.82. The first-order chi connectivity index (χ1) is 15.8. The number of hydrogen-bond donors (Lipinski definition) is 1. The van der Waals surface area contributed by atoms with E-state index in [0.29, 0.717) is 30.6 Å². The molecule has 7 nitrogen and oxygen atoms in total. The second-order valence-electron chi connectivity index (χ2n) is 9.40. The van der Waals surface area contributed by atoms with Crippen molar-refractivity contribution in [3.63, 3.8) is 0 Å². The van der Waals surface area contributed by atoms with E-state index in [0.717, 1.165) is 49.4 Å². The lowest BCUT2D eigenvalue weighted by atomic mass is 9.84. The molecule has 0 aliphatic carbocycles. The predicted octanol–water partition coefficient (Wildman–Crippen LogP) is 5.46. The largest absolute Gasteiger partial charge is 0.489 e. The predicted molar refractivity (Wildman–Crippen MR) is 129 cm³/mol. The van der Waals surface area contributed by atoms with Crippen LogP contribution in [0.3, 0.4) is 0 Å². The van der Waals surface area contributed by atoms with Crippen LogP contribution in [0.25, 0.3) is 31.8 Å². The fraction of sp³-hybridized carbons (Fsp3) is 0.400. The SMILES string of the molecule is COc1cnc2c(-c3nc4c(C(O)C(C)(C)C)cc5c(c4s3)OCCCO5)cc(C)cc2n1. The van der Waals surface area contributed by atoms with E-state index >= 15 is 0 Å². The number of aryl methyl sites for hydroxylation is 1. The smallest absolute Gasteiger partial charge is 0.232 e. The van der Waals surface area contributed by atoms with E-state index in [1.54, 1.807) is 13.3 Å². The summed E-state index contributed by atoms with van der Waals surface area (Å²) in [5.41, 5.74) is 4.55. The van der Waals surface area contributed by atoms with Gasteiger partial charge in [-0.1, -0.05) is 20.8 Å². The van der Waals surface area contributed by atoms with E-state index in [4.69, 9.17) is 19.2 Å². The number of fused-ring (bicyclic) bond motifs is 4. The molecule has 8 heteroatoms. The molecule has 5 rings (SSSR count). The molecule has 0 spiro atoms. The van der Waals surface area contributed by atoms with Crippen LogP contribution in [0.15, 0.2) is 24.4 Å². The van der Waals surface area contributed by atoms with Crippen molar-refractivity contribution in [2.75, 3.05) is 20.3 Å². The first kappa shape index (κ1) is 21.9. The average Bonchev–Trinajstić information content (AvgIpc) is 3.08. The van der Waals surface area contributed by atoms with Gasteiger partial charge in [-0.25, -0.2) is 15.0 Å². The second kappa shape index (κ2) is 8.11. The number of thiazole rings is 1. The van der Waals surface area contributed by atoms with Gasteiger partial charge in [-0.2, -0.15) is 0 Å². The van der Waals surface area contributed by atoms with Crippen molar-refractivity contribution in [2.24, 2.45) is 5.41 Å². The van der Waals surface area contributed by atoms with E-state index in [-0.39, 0.29) is 5.41 Å². The maximum absolute atomic E-state index is 11.2. The molecule has 4 aromatic rings. The summed E-state index contributed by atoms with van der Waals surface area (Å²) in [6, 6.07) is 5.94. The molecule has 0 fully saturated rings. The number of ether oxygens (including phenoxy) is 3. The molecule has 1 N–H and O–H groups in total. The number of benzene rings is 2. The lowest BCUT2D eigenvalue weighted by Gasteiger charge is -2.27. The fourth-order valence-corrected chi connectivity index (χ4v) is 5.12. The van der Waals surface area contributed by atoms with Crippen LogP contribution < -0.4 is 14.2 Å². The molecule has 3 heterocycles. The van der Waals surface area contributed by atoms with Crippen molar-refractivity contribution in [1.29, 1.82) is 0 Å². The molecule has 1 aliphatic heterocycles. The maximum Gasteiger partial charge on any atom is 0.232 e. The quantitative estimate of drug-likeness (QED) is 0.430. The lowest BCUT2D eigenvalue weighted by molar-refractivity contribution is 0.0636. The normalized spacial score (nSPS) is 15.0. The highest BCUT2D eigenvalue weighted by Gasteiger charge is 2.30. The summed E-state index contributed by atoms with van der Waals surface area (Å²) in [6.45, 7) is 9.21. The molecule has 1 atom stereocenters. The number of hydrogen-bond acceptors (Lipinski definition) is 8. The topological polar surface area (TPSA) is 86.6 Å². The summed E-state index contributed by atoms with van der Waals surface area (Å²) < 4.78 is 18.2. The third kappa shape index (κ3) is 3.87. The summed E-state index contributed by atoms with van der Waals surface area (Å²) in [4.78, 5) is 14.2. The lowest BCUT2D eigenvalue weighted by Crippen LogP contribution is -2.18. The van der Waals surface area contributed by atoms with Crippen molar-refractivity contribution in [3.8, 4) is 28.0 Å². The van der Waals surface area contributed by atoms with E-state index in [1.807, 2.05) is 39.8 Å². The number of aromatic nitrogens is 3. The van der Waals surface area contributed by atoms with Gasteiger partial charge in [-0.05, 0) is 36.1 Å². The fourth-order valence-electron chi connectivity index (χ4n) is 4.02. The maximum atomic E-state index is 11.2. The zero-order valence-corrected chi connectivity index (χ0v) is 20.2. The van der Waals surface area contributed by atoms with Gasteiger partial charge in [0.05, 0.1) is 49.2 Å². The van der Waals surface area contributed by atoms with Crippen LogP contribution in [0.5, 0.6) is 17.4 Å². The highest BCUT2D eigenvalue weighted by Crippen LogP contribution is 2.48. The molecule has 2 aromatic carbocycles. The monoisotopic (exact) mass is 465 g/mol. The van der Waals surface area contributed by atoms with Gasteiger partial charge in [0, 0.05) is 17.5 Å². The first-order valence-electron chi connectivity index (χ1n) is 11.0. The van der Waals surface area contributed by atoms with Gasteiger partial charge in [0.2, 0.25) is 5.88 Å². The van der Waals surface area contributed by atoms with E-state index in [9.17, 15) is 5.11 Å². The molecule has 1 unspecified atom stereocenters. The highest BCUT2D eigenvalue weighted by molar-refractivity contribution is 7.22. The van der Waals surface area contributed by atoms with Crippen LogP contribution in [-0.4, -0.2) is 40.4 Å². The average molecular weight is 466 g/mol. The Labute approximate surface area is 196 Å². The second-order valence-corrected chi connectivity index (χ2v) is 10.4. The van der Waals surface area contributed by atoms with Crippen LogP contribution in [0, 0.1) is 12.3 Å². The Balaban J connectivity index is 1.79. The number of methoxy groups -OCH3 is 1. The summed E-state index contributed by atoms with van der Waals surface area (Å²) in [7, 11) is 1.58.